The van der Waals surface area contributed by atoms with Gasteiger partial charge < -0.3 is 5.11 Å². The molecule has 100 valence electrons. The van der Waals surface area contributed by atoms with Gasteiger partial charge in [-0.05, 0) is 44.0 Å². The Kier molecular flexibility index (Phi) is 3.67. The molecule has 0 radical (unpaired) electrons. The Labute approximate surface area is 113 Å². The molecular weight excluding hydrogens is 238 g/mol. The second-order valence-corrected chi connectivity index (χ2v) is 4.93. The molecule has 1 N–H and O–H groups in total. The molecule has 0 aliphatic heterocycles. The van der Waals surface area contributed by atoms with Gasteiger partial charge >= 0.3 is 0 Å². The Morgan fingerprint density at radius 2 is 1.89 bits per heavy atom. The van der Waals surface area contributed by atoms with Crippen LogP contribution in [0, 0.1) is 6.92 Å². The summed E-state index contributed by atoms with van der Waals surface area (Å²) in [6.07, 6.45) is 0.846. The second kappa shape index (κ2) is 5.10. The highest BCUT2D eigenvalue weighted by Crippen LogP contribution is 2.23. The van der Waals surface area contributed by atoms with E-state index >= 15 is 0 Å². The van der Waals surface area contributed by atoms with E-state index < -0.39 is 5.60 Å². The first-order valence-corrected chi connectivity index (χ1v) is 6.64. The monoisotopic (exact) mass is 257 g/mol. The normalized spacial score (nSPS) is 11.8. The number of aromatic nitrogens is 1. The number of Topliss-reactive ketones (excluding diaryl/α,β-unsaturated/α-hetero) is 1. The number of pyridine rings is 1. The van der Waals surface area contributed by atoms with E-state index in [9.17, 15) is 9.90 Å². The summed E-state index contributed by atoms with van der Waals surface area (Å²) in [4.78, 5) is 16.8. The molecule has 3 heteroatoms. The summed E-state index contributed by atoms with van der Waals surface area (Å²) in [6, 6.07) is 9.25. The van der Waals surface area contributed by atoms with Crippen molar-refractivity contribution in [2.75, 3.05) is 0 Å². The number of nitrogens with zero attached hydrogens (tertiary/aromatic N) is 1. The second-order valence-electron chi connectivity index (χ2n) is 4.93. The number of ketones is 1. The quantitative estimate of drug-likeness (QED) is 0.855. The molecule has 2 rings (SSSR count). The molecule has 0 fully saturated rings. The predicted molar refractivity (Wildman–Crippen MR) is 76.3 cm³/mol. The molecular formula is C16H19NO2. The average Bonchev–Trinajstić information content (AvgIpc) is 2.45. The Hall–Kier alpha value is -1.74. The fourth-order valence-electron chi connectivity index (χ4n) is 2.21. The molecule has 19 heavy (non-hydrogen) atoms. The molecule has 0 saturated heterocycles. The summed E-state index contributed by atoms with van der Waals surface area (Å²) in [6.45, 7) is 5.59. The zero-order valence-electron chi connectivity index (χ0n) is 11.6. The van der Waals surface area contributed by atoms with Crippen LogP contribution >= 0.6 is 0 Å². The first kappa shape index (κ1) is 13.7. The van der Waals surface area contributed by atoms with Crippen LogP contribution in [0.4, 0.5) is 0 Å². The maximum atomic E-state index is 12.4. The van der Waals surface area contributed by atoms with Crippen molar-refractivity contribution in [2.24, 2.45) is 0 Å². The minimum absolute atomic E-state index is 0.208. The lowest BCUT2D eigenvalue weighted by atomic mass is 9.87. The van der Waals surface area contributed by atoms with Crippen LogP contribution in [-0.2, 0) is 0 Å². The lowest BCUT2D eigenvalue weighted by Crippen LogP contribution is -2.37. The minimum Gasteiger partial charge on any atom is -0.382 e. The van der Waals surface area contributed by atoms with Gasteiger partial charge in [-0.25, -0.2) is 0 Å². The lowest BCUT2D eigenvalue weighted by Gasteiger charge is -2.23. The van der Waals surface area contributed by atoms with Crippen LogP contribution in [0.5, 0.6) is 0 Å². The molecule has 0 aliphatic rings. The molecule has 0 saturated carbocycles. The topological polar surface area (TPSA) is 50.2 Å². The number of carbonyl (C=O) groups excluding carboxylic acids is 1. The van der Waals surface area contributed by atoms with Crippen LogP contribution in [0.25, 0.3) is 10.9 Å². The molecule has 0 amide bonds. The van der Waals surface area contributed by atoms with Gasteiger partial charge in [0.25, 0.3) is 0 Å². The van der Waals surface area contributed by atoms with Crippen molar-refractivity contribution >= 4 is 16.7 Å². The summed E-state index contributed by atoms with van der Waals surface area (Å²) in [5.74, 6) is -0.208. The van der Waals surface area contributed by atoms with Crippen molar-refractivity contribution in [3.63, 3.8) is 0 Å². The van der Waals surface area contributed by atoms with Crippen LogP contribution in [0.1, 0.15) is 42.7 Å². The molecule has 0 aliphatic carbocycles. The van der Waals surface area contributed by atoms with Gasteiger partial charge in [-0.1, -0.05) is 19.9 Å². The molecule has 1 heterocycles. The van der Waals surface area contributed by atoms with Crippen molar-refractivity contribution in [3.05, 3.63) is 41.6 Å². The van der Waals surface area contributed by atoms with E-state index in [1.54, 1.807) is 12.1 Å². The highest BCUT2D eigenvalue weighted by Gasteiger charge is 2.32. The van der Waals surface area contributed by atoms with Gasteiger partial charge in [0.2, 0.25) is 0 Å². The van der Waals surface area contributed by atoms with E-state index in [-0.39, 0.29) is 5.78 Å². The SMILES string of the molecule is CCC(O)(CC)C(=O)c1ccc2nc(C)ccc2c1. The van der Waals surface area contributed by atoms with Crippen molar-refractivity contribution in [1.82, 2.24) is 4.98 Å². The molecule has 3 nitrogen and oxygen atoms in total. The number of rotatable bonds is 4. The van der Waals surface area contributed by atoms with Crippen LogP contribution in [0.15, 0.2) is 30.3 Å². The summed E-state index contributed by atoms with van der Waals surface area (Å²) in [7, 11) is 0. The maximum Gasteiger partial charge on any atom is 0.194 e. The van der Waals surface area contributed by atoms with Crippen LogP contribution in [-0.4, -0.2) is 21.5 Å². The number of hydrogen-bond donors (Lipinski definition) is 1. The largest absolute Gasteiger partial charge is 0.382 e. The van der Waals surface area contributed by atoms with Gasteiger partial charge in [0, 0.05) is 16.6 Å². The van der Waals surface area contributed by atoms with Crippen molar-refractivity contribution in [3.8, 4) is 0 Å². The zero-order chi connectivity index (χ0) is 14.0. The maximum absolute atomic E-state index is 12.4. The van der Waals surface area contributed by atoms with Crippen LogP contribution in [0.3, 0.4) is 0 Å². The van der Waals surface area contributed by atoms with Gasteiger partial charge in [-0.2, -0.15) is 0 Å². The first-order valence-electron chi connectivity index (χ1n) is 6.64. The number of aliphatic hydroxyl groups is 1. The van der Waals surface area contributed by atoms with Crippen molar-refractivity contribution in [2.45, 2.75) is 39.2 Å². The zero-order valence-corrected chi connectivity index (χ0v) is 11.6. The summed E-state index contributed by atoms with van der Waals surface area (Å²) in [5.41, 5.74) is 1.11. The van der Waals surface area contributed by atoms with E-state index in [2.05, 4.69) is 4.98 Å². The summed E-state index contributed by atoms with van der Waals surface area (Å²) < 4.78 is 0. The minimum atomic E-state index is -1.26. The third kappa shape index (κ3) is 2.51. The summed E-state index contributed by atoms with van der Waals surface area (Å²) >= 11 is 0. The molecule has 0 atom stereocenters. The van der Waals surface area contributed by atoms with E-state index in [1.165, 1.54) is 0 Å². The number of benzene rings is 1. The van der Waals surface area contributed by atoms with E-state index in [4.69, 9.17) is 0 Å². The van der Waals surface area contributed by atoms with Gasteiger partial charge in [0.1, 0.15) is 5.60 Å². The van der Waals surface area contributed by atoms with E-state index in [1.807, 2.05) is 39.0 Å². The Morgan fingerprint density at radius 1 is 1.21 bits per heavy atom. The Morgan fingerprint density at radius 3 is 2.53 bits per heavy atom. The lowest BCUT2D eigenvalue weighted by molar-refractivity contribution is 0.0278. The smallest absolute Gasteiger partial charge is 0.194 e. The van der Waals surface area contributed by atoms with Crippen molar-refractivity contribution in [1.29, 1.82) is 0 Å². The third-order valence-electron chi connectivity index (χ3n) is 3.68. The molecule has 0 spiro atoms. The molecule has 1 aromatic carbocycles. The number of carbonyl (C=O) groups is 1. The predicted octanol–water partition coefficient (Wildman–Crippen LogP) is 3.28. The van der Waals surface area contributed by atoms with Crippen molar-refractivity contribution < 1.29 is 9.90 Å². The average molecular weight is 257 g/mol. The number of aryl methyl sites for hydroxylation is 1. The molecule has 2 aromatic rings. The third-order valence-corrected chi connectivity index (χ3v) is 3.68. The highest BCUT2D eigenvalue weighted by atomic mass is 16.3. The van der Waals surface area contributed by atoms with Gasteiger partial charge in [0.15, 0.2) is 5.78 Å². The van der Waals surface area contributed by atoms with Crippen LogP contribution < -0.4 is 0 Å². The first-order chi connectivity index (χ1) is 9.00. The standard InChI is InChI=1S/C16H19NO2/c1-4-16(19,5-2)15(18)13-8-9-14-12(10-13)7-6-11(3)17-14/h6-10,19H,4-5H2,1-3H3. The fourth-order valence-corrected chi connectivity index (χ4v) is 2.21. The summed E-state index contributed by atoms with van der Waals surface area (Å²) in [5, 5.41) is 11.2. The highest BCUT2D eigenvalue weighted by molar-refractivity contribution is 6.04. The van der Waals surface area contributed by atoms with Gasteiger partial charge in [-0.15, -0.1) is 0 Å². The number of hydrogen-bond acceptors (Lipinski definition) is 3. The Balaban J connectivity index is 2.46. The fraction of sp³-hybridized carbons (Fsp3) is 0.375. The molecule has 0 unspecified atom stereocenters. The number of fused-ring (bicyclic) bond motifs is 1. The van der Waals surface area contributed by atoms with E-state index in [0.29, 0.717) is 18.4 Å². The van der Waals surface area contributed by atoms with Gasteiger partial charge in [-0.3, -0.25) is 9.78 Å². The van der Waals surface area contributed by atoms with Crippen LogP contribution in [0.2, 0.25) is 0 Å². The molecule has 1 aromatic heterocycles. The Bertz CT molecular complexity index is 615. The van der Waals surface area contributed by atoms with Gasteiger partial charge in [0.05, 0.1) is 5.52 Å². The molecule has 0 bridgehead atoms. The van der Waals surface area contributed by atoms with E-state index in [0.717, 1.165) is 16.6 Å².